The summed E-state index contributed by atoms with van der Waals surface area (Å²) >= 11 is 0. The zero-order chi connectivity index (χ0) is 14.6. The van der Waals surface area contributed by atoms with Crippen LogP contribution in [0.5, 0.6) is 5.75 Å². The zero-order valence-electron chi connectivity index (χ0n) is 12.8. The molecule has 3 nitrogen and oxygen atoms in total. The van der Waals surface area contributed by atoms with E-state index in [-0.39, 0.29) is 24.2 Å². The van der Waals surface area contributed by atoms with Gasteiger partial charge in [0.25, 0.3) is 0 Å². The van der Waals surface area contributed by atoms with Crippen LogP contribution in [0, 0.1) is 5.92 Å². The van der Waals surface area contributed by atoms with Crippen LogP contribution < -0.4 is 4.74 Å². The van der Waals surface area contributed by atoms with Crippen LogP contribution in [0.3, 0.4) is 0 Å². The van der Waals surface area contributed by atoms with Crippen LogP contribution in [0.2, 0.25) is 0 Å². The third-order valence-corrected chi connectivity index (χ3v) is 4.11. The van der Waals surface area contributed by atoms with Crippen molar-refractivity contribution in [2.45, 2.75) is 51.2 Å². The number of para-hydroxylation sites is 1. The van der Waals surface area contributed by atoms with Gasteiger partial charge in [-0.15, -0.1) is 0 Å². The molecule has 1 aliphatic rings. The molecular weight excluding hydrogens is 252 g/mol. The van der Waals surface area contributed by atoms with Gasteiger partial charge in [-0.05, 0) is 57.1 Å². The molecule has 112 valence electrons. The van der Waals surface area contributed by atoms with Crippen molar-refractivity contribution in [1.82, 2.24) is 0 Å². The Labute approximate surface area is 121 Å². The number of ether oxygens (including phenoxy) is 2. The monoisotopic (exact) mass is 278 g/mol. The van der Waals surface area contributed by atoms with Gasteiger partial charge in [0, 0.05) is 6.61 Å². The van der Waals surface area contributed by atoms with E-state index in [0.717, 1.165) is 37.0 Å². The lowest BCUT2D eigenvalue weighted by Crippen LogP contribution is -2.23. The Hall–Kier alpha value is -1.06. The van der Waals surface area contributed by atoms with E-state index < -0.39 is 0 Å². The minimum atomic E-state index is -0.00485. The molecule has 20 heavy (non-hydrogen) atoms. The molecule has 1 aliphatic heterocycles. The quantitative estimate of drug-likeness (QED) is 0.868. The van der Waals surface area contributed by atoms with Gasteiger partial charge in [-0.25, -0.2) is 0 Å². The van der Waals surface area contributed by atoms with E-state index in [2.05, 4.69) is 19.9 Å². The molecule has 3 heteroatoms. The molecule has 0 aliphatic carbocycles. The first-order chi connectivity index (χ1) is 9.54. The third kappa shape index (κ3) is 3.97. The van der Waals surface area contributed by atoms with Gasteiger partial charge in [-0.1, -0.05) is 18.2 Å². The maximum Gasteiger partial charge on any atom is 0.122 e. The van der Waals surface area contributed by atoms with E-state index in [4.69, 9.17) is 9.47 Å². The molecule has 0 amide bonds. The van der Waals surface area contributed by atoms with Crippen LogP contribution >= 0.6 is 0 Å². The van der Waals surface area contributed by atoms with Crippen LogP contribution in [0.1, 0.15) is 38.7 Å². The van der Waals surface area contributed by atoms with E-state index in [9.17, 15) is 5.11 Å². The van der Waals surface area contributed by atoms with Crippen molar-refractivity contribution >= 4 is 0 Å². The molecule has 1 aromatic carbocycles. The molecule has 0 saturated carbocycles. The number of aliphatic hydroxyl groups is 1. The summed E-state index contributed by atoms with van der Waals surface area (Å²) in [5, 5.41) is 9.65. The Morgan fingerprint density at radius 1 is 1.40 bits per heavy atom. The number of hydrogen-bond donors (Lipinski definition) is 1. The second-order valence-corrected chi connectivity index (χ2v) is 6.34. The lowest BCUT2D eigenvalue weighted by molar-refractivity contribution is -0.0277. The fourth-order valence-electron chi connectivity index (χ4n) is 3.02. The minimum absolute atomic E-state index is 0.00485. The Kier molecular flexibility index (Phi) is 5.06. The number of methoxy groups -OCH3 is 1. The first kappa shape index (κ1) is 15.3. The first-order valence-corrected chi connectivity index (χ1v) is 7.44. The van der Waals surface area contributed by atoms with Gasteiger partial charge < -0.3 is 14.6 Å². The van der Waals surface area contributed by atoms with Crippen molar-refractivity contribution in [3.8, 4) is 5.75 Å². The van der Waals surface area contributed by atoms with Gasteiger partial charge in [0.2, 0.25) is 0 Å². The number of aliphatic hydroxyl groups excluding tert-OH is 1. The van der Waals surface area contributed by atoms with Crippen molar-refractivity contribution < 1.29 is 14.6 Å². The first-order valence-electron chi connectivity index (χ1n) is 7.44. The highest BCUT2D eigenvalue weighted by Gasteiger charge is 2.32. The van der Waals surface area contributed by atoms with Gasteiger partial charge in [-0.2, -0.15) is 0 Å². The molecule has 2 rings (SSSR count). The smallest absolute Gasteiger partial charge is 0.122 e. The van der Waals surface area contributed by atoms with E-state index >= 15 is 0 Å². The Bertz CT molecular complexity index is 428. The second-order valence-electron chi connectivity index (χ2n) is 6.34. The molecule has 0 aromatic heterocycles. The van der Waals surface area contributed by atoms with Crippen molar-refractivity contribution in [3.63, 3.8) is 0 Å². The summed E-state index contributed by atoms with van der Waals surface area (Å²) in [6.45, 7) is 4.47. The van der Waals surface area contributed by atoms with E-state index in [1.54, 1.807) is 7.11 Å². The van der Waals surface area contributed by atoms with Gasteiger partial charge >= 0.3 is 0 Å². The Morgan fingerprint density at radius 3 is 2.75 bits per heavy atom. The molecule has 1 fully saturated rings. The topological polar surface area (TPSA) is 38.7 Å². The van der Waals surface area contributed by atoms with Crippen molar-refractivity contribution in [2.75, 3.05) is 13.7 Å². The lowest BCUT2D eigenvalue weighted by atomic mass is 9.92. The Balaban J connectivity index is 1.95. The molecule has 2 atom stereocenters. The van der Waals surface area contributed by atoms with Crippen molar-refractivity contribution in [2.24, 2.45) is 5.92 Å². The zero-order valence-corrected chi connectivity index (χ0v) is 12.8. The number of rotatable bonds is 6. The molecule has 1 heterocycles. The molecule has 1 N–H and O–H groups in total. The Morgan fingerprint density at radius 2 is 2.15 bits per heavy atom. The maximum absolute atomic E-state index is 9.65. The highest BCUT2D eigenvalue weighted by atomic mass is 16.5. The number of benzene rings is 1. The van der Waals surface area contributed by atoms with E-state index in [1.807, 2.05) is 18.2 Å². The summed E-state index contributed by atoms with van der Waals surface area (Å²) in [6.07, 6.45) is 4.22. The van der Waals surface area contributed by atoms with Crippen LogP contribution in [-0.2, 0) is 11.2 Å². The molecule has 0 bridgehead atoms. The van der Waals surface area contributed by atoms with Gasteiger partial charge in [-0.3, -0.25) is 0 Å². The lowest BCUT2D eigenvalue weighted by Gasteiger charge is -2.23. The highest BCUT2D eigenvalue weighted by Crippen LogP contribution is 2.33. The fraction of sp³-hybridized carbons (Fsp3) is 0.647. The minimum Gasteiger partial charge on any atom is -0.496 e. The second kappa shape index (κ2) is 6.59. The molecule has 0 spiro atoms. The predicted molar refractivity (Wildman–Crippen MR) is 80.1 cm³/mol. The summed E-state index contributed by atoms with van der Waals surface area (Å²) in [6, 6.07) is 8.03. The fourth-order valence-corrected chi connectivity index (χ4v) is 3.02. The SMILES string of the molecule is COc1ccccc1CC(CO)CC1CCC(C)(C)O1. The average molecular weight is 278 g/mol. The maximum atomic E-state index is 9.65. The van der Waals surface area contributed by atoms with Gasteiger partial charge in [0.15, 0.2) is 0 Å². The highest BCUT2D eigenvalue weighted by molar-refractivity contribution is 5.33. The molecule has 0 radical (unpaired) electrons. The van der Waals surface area contributed by atoms with Crippen LogP contribution in [-0.4, -0.2) is 30.5 Å². The molecular formula is C17H26O3. The summed E-state index contributed by atoms with van der Waals surface area (Å²) in [5.41, 5.74) is 1.15. The largest absolute Gasteiger partial charge is 0.496 e. The standard InChI is InChI=1S/C17H26O3/c1-17(2)9-8-15(20-17)11-13(12-18)10-14-6-4-5-7-16(14)19-3/h4-7,13,15,18H,8-12H2,1-3H3. The van der Waals surface area contributed by atoms with Crippen LogP contribution in [0.25, 0.3) is 0 Å². The predicted octanol–water partition coefficient (Wildman–Crippen LogP) is 3.19. The number of hydrogen-bond acceptors (Lipinski definition) is 3. The summed E-state index contributed by atoms with van der Waals surface area (Å²) in [4.78, 5) is 0. The van der Waals surface area contributed by atoms with Crippen molar-refractivity contribution in [3.05, 3.63) is 29.8 Å². The van der Waals surface area contributed by atoms with Crippen molar-refractivity contribution in [1.29, 1.82) is 0 Å². The van der Waals surface area contributed by atoms with Gasteiger partial charge in [0.05, 0.1) is 18.8 Å². The molecule has 2 unspecified atom stereocenters. The summed E-state index contributed by atoms with van der Waals surface area (Å²) in [5.74, 6) is 1.13. The van der Waals surface area contributed by atoms with Crippen LogP contribution in [0.4, 0.5) is 0 Å². The average Bonchev–Trinajstić information content (AvgIpc) is 2.77. The molecule has 1 aromatic rings. The summed E-state index contributed by atoms with van der Waals surface area (Å²) in [7, 11) is 1.69. The molecule has 1 saturated heterocycles. The normalized spacial score (nSPS) is 22.7. The van der Waals surface area contributed by atoms with E-state index in [1.165, 1.54) is 0 Å². The van der Waals surface area contributed by atoms with Gasteiger partial charge in [0.1, 0.15) is 5.75 Å². The van der Waals surface area contributed by atoms with Crippen LogP contribution in [0.15, 0.2) is 24.3 Å². The third-order valence-electron chi connectivity index (χ3n) is 4.11. The summed E-state index contributed by atoms with van der Waals surface area (Å²) < 4.78 is 11.4. The van der Waals surface area contributed by atoms with E-state index in [0.29, 0.717) is 0 Å².